The molecule has 4 aliphatic carbocycles. The monoisotopic (exact) mass is 487 g/mol. The first-order valence-corrected chi connectivity index (χ1v) is 13.9. The number of aromatic nitrogens is 1. The van der Waals surface area contributed by atoms with Crippen LogP contribution in [-0.4, -0.2) is 27.5 Å². The summed E-state index contributed by atoms with van der Waals surface area (Å²) in [7, 11) is 0. The van der Waals surface area contributed by atoms with E-state index >= 15 is 0 Å². The summed E-state index contributed by atoms with van der Waals surface area (Å²) in [5, 5.41) is 9.52. The predicted octanol–water partition coefficient (Wildman–Crippen LogP) is 7.35. The molecule has 6 rings (SSSR count). The van der Waals surface area contributed by atoms with Gasteiger partial charge in [-0.2, -0.15) is 5.26 Å². The number of pyridine rings is 1. The number of likely N-dealkylation sites (tertiary alicyclic amines) is 1. The molecule has 1 aromatic rings. The second kappa shape index (κ2) is 9.26. The van der Waals surface area contributed by atoms with E-state index in [1.54, 1.807) is 12.3 Å². The third kappa shape index (κ3) is 3.85. The molecule has 0 N–H and O–H groups in total. The number of piperidine rings is 1. The second-order valence-corrected chi connectivity index (χ2v) is 12.0. The Morgan fingerprint density at radius 2 is 1.78 bits per heavy atom. The van der Waals surface area contributed by atoms with Crippen LogP contribution >= 0.6 is 0 Å². The van der Waals surface area contributed by atoms with E-state index in [1.165, 1.54) is 11.1 Å². The molecule has 6 atom stereocenters. The maximum atomic E-state index is 9.52. The van der Waals surface area contributed by atoms with Gasteiger partial charge in [0.25, 0.3) is 0 Å². The lowest BCUT2D eigenvalue weighted by molar-refractivity contribution is -0.100. The van der Waals surface area contributed by atoms with Gasteiger partial charge in [0, 0.05) is 41.6 Å². The molecule has 6 unspecified atom stereocenters. The molecule has 188 valence electrons. The van der Waals surface area contributed by atoms with E-state index in [9.17, 15) is 5.26 Å². The number of nitriles is 1. The quantitative estimate of drug-likeness (QED) is 0.419. The molecule has 1 saturated heterocycles. The zero-order valence-electron chi connectivity index (χ0n) is 22.2. The Morgan fingerprint density at radius 1 is 0.973 bits per heavy atom. The predicted molar refractivity (Wildman–Crippen MR) is 151 cm³/mol. The first-order valence-electron chi connectivity index (χ1n) is 13.9. The van der Waals surface area contributed by atoms with Crippen LogP contribution in [0.25, 0.3) is 5.57 Å². The van der Waals surface area contributed by atoms with Crippen LogP contribution in [0.2, 0.25) is 0 Å². The Bertz CT molecular complexity index is 1330. The molecule has 0 spiro atoms. The minimum absolute atomic E-state index is 0.0683. The van der Waals surface area contributed by atoms with Gasteiger partial charge in [0.05, 0.1) is 17.3 Å². The molecule has 37 heavy (non-hydrogen) atoms. The van der Waals surface area contributed by atoms with E-state index in [-0.39, 0.29) is 16.9 Å². The normalized spacial score (nSPS) is 35.8. The molecule has 0 aromatic carbocycles. The molecule has 1 aromatic heterocycles. The maximum Gasteiger partial charge on any atom is 0.0992 e. The van der Waals surface area contributed by atoms with Gasteiger partial charge in [-0.1, -0.05) is 86.8 Å². The average molecular weight is 488 g/mol. The topological polar surface area (TPSA) is 39.9 Å². The number of fused-ring (bicyclic) bond motifs is 2. The van der Waals surface area contributed by atoms with Gasteiger partial charge in [0.15, 0.2) is 0 Å². The molecule has 0 bridgehead atoms. The van der Waals surface area contributed by atoms with Crippen molar-refractivity contribution in [3.05, 3.63) is 108 Å². The lowest BCUT2D eigenvalue weighted by Gasteiger charge is -2.65. The Hall–Kier alpha value is -3.22. The molecular weight excluding hydrogens is 450 g/mol. The summed E-state index contributed by atoms with van der Waals surface area (Å²) >= 11 is 0. The van der Waals surface area contributed by atoms with Gasteiger partial charge in [0.1, 0.15) is 0 Å². The standard InChI is InChI=1S/C34H37N3/c1-33(2)28-15-7-9-17-31(28)37(34(3)20-11-10-18-32(33)34)30-16-8-6-14-27(30)25-12-4-5-13-26(25)29-22-24(23-35)19-21-36-29/h6-7,9-15,17-22,27-28,30-32H,4-5,8,16H2,1-3H3. The van der Waals surface area contributed by atoms with E-state index in [1.807, 2.05) is 6.07 Å². The number of hydrogen-bond acceptors (Lipinski definition) is 3. The smallest absolute Gasteiger partial charge is 0.0992 e. The van der Waals surface area contributed by atoms with Crippen molar-refractivity contribution in [1.82, 2.24) is 9.88 Å². The van der Waals surface area contributed by atoms with Crippen LogP contribution in [-0.2, 0) is 0 Å². The first kappa shape index (κ1) is 24.1. The largest absolute Gasteiger partial charge is 0.283 e. The van der Waals surface area contributed by atoms with Crippen molar-refractivity contribution in [3.8, 4) is 6.07 Å². The number of nitrogens with zero attached hydrogens (tertiary/aromatic N) is 3. The van der Waals surface area contributed by atoms with Gasteiger partial charge in [0.2, 0.25) is 0 Å². The second-order valence-electron chi connectivity index (χ2n) is 12.0. The van der Waals surface area contributed by atoms with Crippen molar-refractivity contribution in [2.75, 3.05) is 0 Å². The van der Waals surface area contributed by atoms with Gasteiger partial charge in [-0.3, -0.25) is 9.88 Å². The summed E-state index contributed by atoms with van der Waals surface area (Å²) in [6, 6.07) is 6.77. The van der Waals surface area contributed by atoms with Crippen LogP contribution < -0.4 is 0 Å². The summed E-state index contributed by atoms with van der Waals surface area (Å²) in [4.78, 5) is 7.60. The molecule has 1 fully saturated rings. The minimum Gasteiger partial charge on any atom is -0.283 e. The summed E-state index contributed by atoms with van der Waals surface area (Å²) in [6.07, 6.45) is 34.6. The SMILES string of the molecule is CC1(C)C2C=CC=CC2N(C2CCC=CC2C2=CCCC=C2c2cc(C#N)ccn2)C2(C)C=CC=CC12. The molecule has 5 aliphatic rings. The Morgan fingerprint density at radius 3 is 2.65 bits per heavy atom. The fourth-order valence-corrected chi connectivity index (χ4v) is 7.98. The molecule has 2 heterocycles. The molecule has 0 radical (unpaired) electrons. The zero-order valence-corrected chi connectivity index (χ0v) is 22.2. The van der Waals surface area contributed by atoms with E-state index < -0.39 is 0 Å². The van der Waals surface area contributed by atoms with Gasteiger partial charge in [-0.05, 0) is 61.3 Å². The van der Waals surface area contributed by atoms with E-state index in [4.69, 9.17) is 4.98 Å². The molecule has 3 nitrogen and oxygen atoms in total. The van der Waals surface area contributed by atoms with Crippen molar-refractivity contribution in [2.45, 2.75) is 64.1 Å². The van der Waals surface area contributed by atoms with Crippen molar-refractivity contribution in [3.63, 3.8) is 0 Å². The third-order valence-electron chi connectivity index (χ3n) is 9.58. The number of allylic oxidation sites excluding steroid dienone is 8. The van der Waals surface area contributed by atoms with Gasteiger partial charge < -0.3 is 0 Å². The van der Waals surface area contributed by atoms with Gasteiger partial charge in [-0.25, -0.2) is 0 Å². The van der Waals surface area contributed by atoms with Crippen LogP contribution in [0.1, 0.15) is 57.7 Å². The first-order chi connectivity index (χ1) is 17.9. The van der Waals surface area contributed by atoms with Crippen molar-refractivity contribution in [2.24, 2.45) is 23.2 Å². The summed E-state index contributed by atoms with van der Waals surface area (Å²) < 4.78 is 0. The van der Waals surface area contributed by atoms with Gasteiger partial charge >= 0.3 is 0 Å². The lowest BCUT2D eigenvalue weighted by atomic mass is 9.54. The van der Waals surface area contributed by atoms with Crippen LogP contribution in [0.3, 0.4) is 0 Å². The highest BCUT2D eigenvalue weighted by atomic mass is 15.3. The zero-order chi connectivity index (χ0) is 25.6. The highest BCUT2D eigenvalue weighted by molar-refractivity contribution is 5.79. The minimum atomic E-state index is -0.0683. The molecular formula is C34H37N3. The average Bonchev–Trinajstić information content (AvgIpc) is 2.93. The van der Waals surface area contributed by atoms with Crippen LogP contribution in [0.5, 0.6) is 0 Å². The highest BCUT2D eigenvalue weighted by Gasteiger charge is 2.59. The van der Waals surface area contributed by atoms with E-state index in [0.717, 1.165) is 31.4 Å². The maximum absolute atomic E-state index is 9.52. The summed E-state index contributed by atoms with van der Waals surface area (Å²) in [5.74, 6) is 1.17. The fraction of sp³-hybridized carbons (Fsp3) is 0.412. The van der Waals surface area contributed by atoms with Crippen molar-refractivity contribution < 1.29 is 0 Å². The van der Waals surface area contributed by atoms with Crippen LogP contribution in [0.15, 0.2) is 96.8 Å². The highest BCUT2D eigenvalue weighted by Crippen LogP contribution is 2.57. The Labute approximate surface area is 222 Å². The molecule has 0 saturated carbocycles. The number of hydrogen-bond donors (Lipinski definition) is 0. The Kier molecular flexibility index (Phi) is 6.04. The number of rotatable bonds is 3. The van der Waals surface area contributed by atoms with Crippen molar-refractivity contribution >= 4 is 5.57 Å². The van der Waals surface area contributed by atoms with E-state index in [2.05, 4.69) is 105 Å². The van der Waals surface area contributed by atoms with Crippen LogP contribution in [0.4, 0.5) is 0 Å². The molecule has 1 aliphatic heterocycles. The van der Waals surface area contributed by atoms with Crippen molar-refractivity contribution in [1.29, 1.82) is 5.26 Å². The summed E-state index contributed by atoms with van der Waals surface area (Å²) in [6.45, 7) is 7.41. The Balaban J connectivity index is 1.45. The van der Waals surface area contributed by atoms with E-state index in [0.29, 0.717) is 29.5 Å². The van der Waals surface area contributed by atoms with Gasteiger partial charge in [-0.15, -0.1) is 0 Å². The molecule has 3 heteroatoms. The summed E-state index contributed by atoms with van der Waals surface area (Å²) in [5.41, 5.74) is 4.25. The fourth-order valence-electron chi connectivity index (χ4n) is 7.98. The van der Waals surface area contributed by atoms with Crippen LogP contribution in [0, 0.1) is 34.5 Å². The molecule has 0 amide bonds. The third-order valence-corrected chi connectivity index (χ3v) is 9.58. The lowest BCUT2D eigenvalue weighted by Crippen LogP contribution is -2.70.